The minimum absolute atomic E-state index is 0.0692. The molecular formula is C21H33N3O2S. The third-order valence-corrected chi connectivity index (χ3v) is 7.44. The van der Waals surface area contributed by atoms with E-state index in [1.54, 1.807) is 0 Å². The Labute approximate surface area is 167 Å². The fourth-order valence-electron chi connectivity index (χ4n) is 4.71. The molecule has 0 spiro atoms. The number of amides is 1. The molecule has 1 atom stereocenters. The second-order valence-electron chi connectivity index (χ2n) is 8.15. The highest BCUT2D eigenvalue weighted by Gasteiger charge is 2.30. The molecule has 0 aliphatic carbocycles. The molecule has 1 aromatic rings. The molecule has 4 heterocycles. The summed E-state index contributed by atoms with van der Waals surface area (Å²) in [5.74, 6) is 4.02. The maximum atomic E-state index is 12.9. The van der Waals surface area contributed by atoms with Crippen molar-refractivity contribution in [3.63, 3.8) is 0 Å². The largest absolute Gasteiger partial charge is 0.454 e. The molecule has 3 aliphatic heterocycles. The van der Waals surface area contributed by atoms with Gasteiger partial charge in [-0.1, -0.05) is 6.42 Å². The van der Waals surface area contributed by atoms with E-state index < -0.39 is 0 Å². The van der Waals surface area contributed by atoms with Gasteiger partial charge in [-0.2, -0.15) is 11.8 Å². The van der Waals surface area contributed by atoms with Gasteiger partial charge in [0.1, 0.15) is 5.76 Å². The first-order valence-electron chi connectivity index (χ1n) is 10.7. The molecule has 6 heteroatoms. The number of thioether (sulfide) groups is 1. The summed E-state index contributed by atoms with van der Waals surface area (Å²) in [6.07, 6.45) is 6.04. The zero-order chi connectivity index (χ0) is 18.6. The van der Waals surface area contributed by atoms with E-state index in [1.165, 1.54) is 43.9 Å². The standard InChI is InChI=1S/C21H33N3O2S/c1-17(22-9-3-2-4-10-22)19-5-6-20(26-19)21(25)24-11-7-18(8-12-24)23-13-15-27-16-14-23/h5-6,17-18H,2-4,7-16H2,1H3/t17-/m1/s1. The number of furan rings is 1. The Bertz CT molecular complexity index is 615. The Balaban J connectivity index is 1.31. The van der Waals surface area contributed by atoms with Crippen LogP contribution in [-0.4, -0.2) is 77.4 Å². The molecule has 0 aromatic carbocycles. The average molecular weight is 392 g/mol. The predicted molar refractivity (Wildman–Crippen MR) is 110 cm³/mol. The molecule has 1 amide bonds. The summed E-state index contributed by atoms with van der Waals surface area (Å²) in [6, 6.07) is 4.80. The van der Waals surface area contributed by atoms with Gasteiger partial charge in [0, 0.05) is 43.7 Å². The monoisotopic (exact) mass is 391 g/mol. The highest BCUT2D eigenvalue weighted by molar-refractivity contribution is 7.99. The van der Waals surface area contributed by atoms with Crippen molar-refractivity contribution in [1.29, 1.82) is 0 Å². The minimum Gasteiger partial charge on any atom is -0.454 e. The lowest BCUT2D eigenvalue weighted by Crippen LogP contribution is -2.49. The number of nitrogens with zero attached hydrogens (tertiary/aromatic N) is 3. The summed E-state index contributed by atoms with van der Waals surface area (Å²) in [5.41, 5.74) is 0. The third kappa shape index (κ3) is 4.54. The fourth-order valence-corrected chi connectivity index (χ4v) is 5.64. The van der Waals surface area contributed by atoms with E-state index in [9.17, 15) is 4.79 Å². The van der Waals surface area contributed by atoms with Crippen LogP contribution >= 0.6 is 11.8 Å². The van der Waals surface area contributed by atoms with E-state index >= 15 is 0 Å². The first-order chi connectivity index (χ1) is 13.2. The zero-order valence-corrected chi connectivity index (χ0v) is 17.4. The van der Waals surface area contributed by atoms with Gasteiger partial charge >= 0.3 is 0 Å². The van der Waals surface area contributed by atoms with Crippen LogP contribution in [0, 0.1) is 0 Å². The summed E-state index contributed by atoms with van der Waals surface area (Å²) < 4.78 is 6.01. The van der Waals surface area contributed by atoms with E-state index in [4.69, 9.17) is 4.42 Å². The average Bonchev–Trinajstić information content (AvgIpc) is 3.24. The predicted octanol–water partition coefficient (Wildman–Crippen LogP) is 3.48. The number of carbonyl (C=O) groups excluding carboxylic acids is 1. The van der Waals surface area contributed by atoms with Crippen LogP contribution in [0.15, 0.2) is 16.5 Å². The first-order valence-corrected chi connectivity index (χ1v) is 11.8. The Morgan fingerprint density at radius 3 is 2.44 bits per heavy atom. The van der Waals surface area contributed by atoms with Crippen LogP contribution in [0.2, 0.25) is 0 Å². The maximum absolute atomic E-state index is 12.9. The highest BCUT2D eigenvalue weighted by Crippen LogP contribution is 2.27. The molecule has 27 heavy (non-hydrogen) atoms. The Morgan fingerprint density at radius 1 is 1.04 bits per heavy atom. The zero-order valence-electron chi connectivity index (χ0n) is 16.6. The minimum atomic E-state index is 0.0692. The summed E-state index contributed by atoms with van der Waals surface area (Å²) in [5, 5.41) is 0. The Kier molecular flexibility index (Phi) is 6.46. The number of hydrogen-bond acceptors (Lipinski definition) is 5. The van der Waals surface area contributed by atoms with Gasteiger partial charge in [0.15, 0.2) is 5.76 Å². The molecule has 3 saturated heterocycles. The van der Waals surface area contributed by atoms with E-state index in [2.05, 4.69) is 28.5 Å². The van der Waals surface area contributed by atoms with Gasteiger partial charge in [-0.15, -0.1) is 0 Å². The lowest BCUT2D eigenvalue weighted by atomic mass is 10.0. The molecule has 0 bridgehead atoms. The smallest absolute Gasteiger partial charge is 0.289 e. The van der Waals surface area contributed by atoms with Crippen molar-refractivity contribution in [3.05, 3.63) is 23.7 Å². The van der Waals surface area contributed by atoms with Gasteiger partial charge in [0.05, 0.1) is 6.04 Å². The molecule has 0 N–H and O–H groups in total. The molecule has 4 rings (SSSR count). The molecule has 3 fully saturated rings. The number of piperidine rings is 2. The first kappa shape index (κ1) is 19.3. The van der Waals surface area contributed by atoms with Crippen molar-refractivity contribution in [2.24, 2.45) is 0 Å². The number of rotatable bonds is 4. The van der Waals surface area contributed by atoms with Crippen molar-refractivity contribution < 1.29 is 9.21 Å². The van der Waals surface area contributed by atoms with Crippen LogP contribution in [0.1, 0.15) is 61.4 Å². The van der Waals surface area contributed by atoms with Crippen LogP contribution in [-0.2, 0) is 0 Å². The van der Waals surface area contributed by atoms with Crippen LogP contribution in [0.3, 0.4) is 0 Å². The Hall–Kier alpha value is -0.980. The molecule has 0 saturated carbocycles. The molecule has 1 aromatic heterocycles. The summed E-state index contributed by atoms with van der Waals surface area (Å²) in [7, 11) is 0. The second kappa shape index (κ2) is 9.01. The highest BCUT2D eigenvalue weighted by atomic mass is 32.2. The van der Waals surface area contributed by atoms with Gasteiger partial charge in [-0.05, 0) is 57.8 Å². The molecule has 3 aliphatic rings. The number of likely N-dealkylation sites (tertiary alicyclic amines) is 2. The molecular weight excluding hydrogens is 358 g/mol. The van der Waals surface area contributed by atoms with Gasteiger partial charge in [0.25, 0.3) is 5.91 Å². The third-order valence-electron chi connectivity index (χ3n) is 6.50. The van der Waals surface area contributed by atoms with Crippen molar-refractivity contribution in [2.45, 2.75) is 51.1 Å². The van der Waals surface area contributed by atoms with E-state index in [-0.39, 0.29) is 11.9 Å². The second-order valence-corrected chi connectivity index (χ2v) is 9.37. The van der Waals surface area contributed by atoms with Crippen LogP contribution in [0.25, 0.3) is 0 Å². The van der Waals surface area contributed by atoms with Gasteiger partial charge < -0.3 is 9.32 Å². The van der Waals surface area contributed by atoms with Crippen molar-refractivity contribution in [1.82, 2.24) is 14.7 Å². The fraction of sp³-hybridized carbons (Fsp3) is 0.762. The van der Waals surface area contributed by atoms with Crippen molar-refractivity contribution in [2.75, 3.05) is 50.8 Å². The SMILES string of the molecule is C[C@H](c1ccc(C(=O)N2CCC(N3CCSCC3)CC2)o1)N1CCCCC1. The van der Waals surface area contributed by atoms with E-state index in [0.29, 0.717) is 11.8 Å². The summed E-state index contributed by atoms with van der Waals surface area (Å²) >= 11 is 2.06. The topological polar surface area (TPSA) is 39.9 Å². The van der Waals surface area contributed by atoms with Crippen LogP contribution < -0.4 is 0 Å². The lowest BCUT2D eigenvalue weighted by Gasteiger charge is -2.39. The van der Waals surface area contributed by atoms with Crippen LogP contribution in [0.4, 0.5) is 0 Å². The normalized spacial score (nSPS) is 24.9. The summed E-state index contributed by atoms with van der Waals surface area (Å²) in [6.45, 7) is 8.58. The van der Waals surface area contributed by atoms with Crippen LogP contribution in [0.5, 0.6) is 0 Å². The molecule has 0 radical (unpaired) electrons. The van der Waals surface area contributed by atoms with E-state index in [0.717, 1.165) is 44.8 Å². The van der Waals surface area contributed by atoms with Crippen molar-refractivity contribution in [3.8, 4) is 0 Å². The van der Waals surface area contributed by atoms with Gasteiger partial charge in [-0.3, -0.25) is 14.6 Å². The Morgan fingerprint density at radius 2 is 1.74 bits per heavy atom. The molecule has 0 unspecified atom stereocenters. The van der Waals surface area contributed by atoms with Crippen molar-refractivity contribution >= 4 is 17.7 Å². The lowest BCUT2D eigenvalue weighted by molar-refractivity contribution is 0.0594. The quantitative estimate of drug-likeness (QED) is 0.786. The van der Waals surface area contributed by atoms with Gasteiger partial charge in [0.2, 0.25) is 0 Å². The van der Waals surface area contributed by atoms with E-state index in [1.807, 2.05) is 17.0 Å². The molecule has 150 valence electrons. The van der Waals surface area contributed by atoms with Gasteiger partial charge in [-0.25, -0.2) is 0 Å². The summed E-state index contributed by atoms with van der Waals surface area (Å²) in [4.78, 5) is 20.0. The maximum Gasteiger partial charge on any atom is 0.289 e. The number of hydrogen-bond donors (Lipinski definition) is 0. The number of carbonyl (C=O) groups is 1. The molecule has 5 nitrogen and oxygen atoms in total.